The largest absolute Gasteiger partial charge is 0.444 e. The lowest BCUT2D eigenvalue weighted by atomic mass is 9.76. The van der Waals surface area contributed by atoms with E-state index in [2.05, 4.69) is 44.1 Å². The Kier molecular flexibility index (Phi) is 6.51. The van der Waals surface area contributed by atoms with Crippen molar-refractivity contribution in [2.24, 2.45) is 0 Å². The molecule has 0 saturated carbocycles. The molecule has 0 radical (unpaired) electrons. The fourth-order valence-corrected chi connectivity index (χ4v) is 5.61. The van der Waals surface area contributed by atoms with E-state index in [4.69, 9.17) is 13.6 Å². The number of β-lactam (4-membered cyclic amide) rings is 1. The van der Waals surface area contributed by atoms with Gasteiger partial charge in [0.15, 0.2) is 8.32 Å². The number of hydrogen-bond donors (Lipinski definition) is 0. The average molecular weight is 481 g/mol. The Balaban J connectivity index is 1.88. The topological polar surface area (TPSA) is 98.0 Å². The van der Waals surface area contributed by atoms with Gasteiger partial charge < -0.3 is 18.5 Å². The standard InChI is InChI=1S/C23H40N4O5Si/c1-15-11-12-23(27(15)20(29)32-21(3,4)5)16(2)26(19(23)28)17(18-25-24-14-30-18)13-31-33(9,10)22(6,7)8/h14-17H,11-13H2,1-10H3. The molecule has 1 spiro atoms. The summed E-state index contributed by atoms with van der Waals surface area (Å²) in [5.74, 6) is 0.228. The van der Waals surface area contributed by atoms with Gasteiger partial charge in [0.1, 0.15) is 17.2 Å². The van der Waals surface area contributed by atoms with E-state index in [-0.39, 0.29) is 29.6 Å². The first-order chi connectivity index (χ1) is 15.0. The first kappa shape index (κ1) is 25.7. The second kappa shape index (κ2) is 8.37. The van der Waals surface area contributed by atoms with E-state index in [9.17, 15) is 9.59 Å². The van der Waals surface area contributed by atoms with Gasteiger partial charge in [-0.2, -0.15) is 0 Å². The highest BCUT2D eigenvalue weighted by Crippen LogP contribution is 2.50. The van der Waals surface area contributed by atoms with E-state index in [1.807, 2.05) is 34.6 Å². The first-order valence-corrected chi connectivity index (χ1v) is 14.7. The van der Waals surface area contributed by atoms with Crippen molar-refractivity contribution >= 4 is 20.3 Å². The summed E-state index contributed by atoms with van der Waals surface area (Å²) in [5, 5.41) is 7.95. The van der Waals surface area contributed by atoms with Crippen LogP contribution in [0, 0.1) is 0 Å². The van der Waals surface area contributed by atoms with Crippen molar-refractivity contribution in [3.63, 3.8) is 0 Å². The third-order valence-corrected chi connectivity index (χ3v) is 12.0. The van der Waals surface area contributed by atoms with Crippen molar-refractivity contribution in [3.05, 3.63) is 12.3 Å². The zero-order valence-electron chi connectivity index (χ0n) is 21.8. The van der Waals surface area contributed by atoms with Crippen LogP contribution in [0.3, 0.4) is 0 Å². The molecule has 4 unspecified atom stereocenters. The lowest BCUT2D eigenvalue weighted by Gasteiger charge is -2.58. The zero-order valence-corrected chi connectivity index (χ0v) is 22.8. The van der Waals surface area contributed by atoms with E-state index < -0.39 is 31.6 Å². The predicted octanol–water partition coefficient (Wildman–Crippen LogP) is 4.52. The molecule has 2 aliphatic heterocycles. The molecule has 1 aromatic rings. The van der Waals surface area contributed by atoms with E-state index >= 15 is 0 Å². The molecule has 3 rings (SSSR count). The fourth-order valence-electron chi connectivity index (χ4n) is 4.60. The molecule has 33 heavy (non-hydrogen) atoms. The van der Waals surface area contributed by atoms with E-state index in [0.29, 0.717) is 12.3 Å². The number of hydrogen-bond acceptors (Lipinski definition) is 7. The van der Waals surface area contributed by atoms with Gasteiger partial charge in [-0.15, -0.1) is 10.2 Å². The van der Waals surface area contributed by atoms with Crippen molar-refractivity contribution in [3.8, 4) is 0 Å². The Morgan fingerprint density at radius 2 is 1.91 bits per heavy atom. The molecule has 9 nitrogen and oxygen atoms in total. The highest BCUT2D eigenvalue weighted by molar-refractivity contribution is 6.74. The van der Waals surface area contributed by atoms with E-state index in [0.717, 1.165) is 6.42 Å². The summed E-state index contributed by atoms with van der Waals surface area (Å²) >= 11 is 0. The first-order valence-electron chi connectivity index (χ1n) is 11.8. The Morgan fingerprint density at radius 1 is 1.27 bits per heavy atom. The van der Waals surface area contributed by atoms with Gasteiger partial charge in [-0.25, -0.2) is 4.79 Å². The van der Waals surface area contributed by atoms with Crippen LogP contribution in [-0.2, 0) is 14.0 Å². The summed E-state index contributed by atoms with van der Waals surface area (Å²) in [7, 11) is -2.08. The summed E-state index contributed by atoms with van der Waals surface area (Å²) in [6.45, 7) is 20.6. The fraction of sp³-hybridized carbons (Fsp3) is 0.826. The van der Waals surface area contributed by atoms with Crippen molar-refractivity contribution in [1.82, 2.24) is 20.0 Å². The summed E-state index contributed by atoms with van der Waals surface area (Å²) in [4.78, 5) is 30.3. The van der Waals surface area contributed by atoms with Crippen LogP contribution in [-0.4, -0.2) is 70.1 Å². The maximum Gasteiger partial charge on any atom is 0.411 e. The summed E-state index contributed by atoms with van der Waals surface area (Å²) in [6.07, 6.45) is 2.17. The van der Waals surface area contributed by atoms with E-state index in [1.165, 1.54) is 6.39 Å². The van der Waals surface area contributed by atoms with Crippen molar-refractivity contribution in [2.45, 2.75) is 116 Å². The molecule has 186 valence electrons. The molecule has 0 aliphatic carbocycles. The molecule has 2 aliphatic rings. The van der Waals surface area contributed by atoms with Gasteiger partial charge in [0.2, 0.25) is 12.3 Å². The van der Waals surface area contributed by atoms with Crippen molar-refractivity contribution in [2.75, 3.05) is 6.61 Å². The van der Waals surface area contributed by atoms with Gasteiger partial charge in [0.25, 0.3) is 5.91 Å². The smallest absolute Gasteiger partial charge is 0.411 e. The van der Waals surface area contributed by atoms with E-state index in [1.54, 1.807) is 9.80 Å². The minimum absolute atomic E-state index is 0.0204. The molecular formula is C23H40N4O5Si. The third kappa shape index (κ3) is 4.43. The minimum Gasteiger partial charge on any atom is -0.444 e. The number of likely N-dealkylation sites (tertiary alicyclic amines) is 2. The monoisotopic (exact) mass is 480 g/mol. The highest BCUT2D eigenvalue weighted by Gasteiger charge is 2.68. The molecular weight excluding hydrogens is 440 g/mol. The Labute approximate surface area is 198 Å². The summed E-state index contributed by atoms with van der Waals surface area (Å²) in [5.41, 5.74) is -1.56. The molecule has 3 heterocycles. The maximum absolute atomic E-state index is 13.8. The summed E-state index contributed by atoms with van der Waals surface area (Å²) in [6, 6.07) is -0.840. The van der Waals surface area contributed by atoms with Gasteiger partial charge in [-0.3, -0.25) is 9.69 Å². The minimum atomic E-state index is -2.08. The van der Waals surface area contributed by atoms with Crippen LogP contribution >= 0.6 is 0 Å². The normalized spacial score (nSPS) is 27.2. The quantitative estimate of drug-likeness (QED) is 0.451. The Bertz CT molecular complexity index is 876. The second-order valence-electron chi connectivity index (χ2n) is 11.9. The molecule has 10 heteroatoms. The Morgan fingerprint density at radius 3 is 2.39 bits per heavy atom. The van der Waals surface area contributed by atoms with Gasteiger partial charge in [-0.05, 0) is 65.6 Å². The number of ether oxygens (including phenoxy) is 1. The molecule has 2 fully saturated rings. The molecule has 0 N–H and O–H groups in total. The lowest BCUT2D eigenvalue weighted by Crippen LogP contribution is -2.79. The average Bonchev–Trinajstić information content (AvgIpc) is 3.31. The van der Waals surface area contributed by atoms with Crippen LogP contribution in [0.4, 0.5) is 4.79 Å². The molecule has 2 amide bonds. The van der Waals surface area contributed by atoms with Crippen LogP contribution in [0.1, 0.15) is 80.2 Å². The number of carbonyl (C=O) groups excluding carboxylic acids is 2. The zero-order chi connectivity index (χ0) is 25.0. The van der Waals surface area contributed by atoms with Gasteiger partial charge >= 0.3 is 6.09 Å². The maximum atomic E-state index is 13.8. The number of carbonyl (C=O) groups is 2. The third-order valence-electron chi connectivity index (χ3n) is 7.52. The van der Waals surface area contributed by atoms with Crippen LogP contribution in [0.2, 0.25) is 18.1 Å². The number of amides is 2. The van der Waals surface area contributed by atoms with Gasteiger partial charge in [-0.1, -0.05) is 20.8 Å². The molecule has 0 bridgehead atoms. The number of aromatic nitrogens is 2. The van der Waals surface area contributed by atoms with Crippen molar-refractivity contribution < 1.29 is 23.2 Å². The predicted molar refractivity (Wildman–Crippen MR) is 126 cm³/mol. The summed E-state index contributed by atoms with van der Waals surface area (Å²) < 4.78 is 17.7. The number of rotatable bonds is 5. The highest BCUT2D eigenvalue weighted by atomic mass is 28.4. The van der Waals surface area contributed by atoms with Crippen molar-refractivity contribution in [1.29, 1.82) is 0 Å². The number of nitrogens with zero attached hydrogens (tertiary/aromatic N) is 4. The van der Waals surface area contributed by atoms with Crippen LogP contribution < -0.4 is 0 Å². The SMILES string of the molecule is CC1CCC2(C(=O)N(C(CO[Si](C)(C)C(C)(C)C)c3nnco3)C2C)N1C(=O)OC(C)(C)C. The van der Waals surface area contributed by atoms with Crippen LogP contribution in [0.15, 0.2) is 10.8 Å². The van der Waals surface area contributed by atoms with Crippen LogP contribution in [0.5, 0.6) is 0 Å². The second-order valence-corrected chi connectivity index (χ2v) is 16.7. The lowest BCUT2D eigenvalue weighted by molar-refractivity contribution is -0.180. The molecule has 2 saturated heterocycles. The van der Waals surface area contributed by atoms with Crippen LogP contribution in [0.25, 0.3) is 0 Å². The van der Waals surface area contributed by atoms with Gasteiger partial charge in [0, 0.05) is 6.04 Å². The molecule has 4 atom stereocenters. The molecule has 0 aromatic carbocycles. The Hall–Kier alpha value is -1.94. The molecule has 1 aromatic heterocycles. The van der Waals surface area contributed by atoms with Gasteiger partial charge in [0.05, 0.1) is 12.6 Å².